The first-order valence-electron chi connectivity index (χ1n) is 6.41. The van der Waals surface area contributed by atoms with E-state index in [2.05, 4.69) is 16.9 Å². The zero-order valence-electron chi connectivity index (χ0n) is 12.0. The minimum Gasteiger partial charge on any atom is -0.496 e. The molecule has 1 aromatic carbocycles. The molecule has 0 atom stereocenters. The van der Waals surface area contributed by atoms with Crippen molar-refractivity contribution in [3.63, 3.8) is 0 Å². The molecule has 0 saturated carbocycles. The third-order valence-corrected chi connectivity index (χ3v) is 3.02. The Bertz CT molecular complexity index is 663. The van der Waals surface area contributed by atoms with Crippen molar-refractivity contribution < 1.29 is 9.84 Å². The smallest absolute Gasteiger partial charge is 0.124 e. The Kier molecular flexibility index (Phi) is 4.44. The lowest BCUT2D eigenvalue weighted by molar-refractivity contribution is 0.350. The molecule has 0 aliphatic carbocycles. The second kappa shape index (κ2) is 6.27. The Morgan fingerprint density at radius 3 is 2.70 bits per heavy atom. The predicted molar refractivity (Wildman–Crippen MR) is 77.8 cm³/mol. The summed E-state index contributed by atoms with van der Waals surface area (Å²) in [6.45, 7) is 4.50. The van der Waals surface area contributed by atoms with Gasteiger partial charge in [0.1, 0.15) is 12.4 Å². The first-order valence-corrected chi connectivity index (χ1v) is 6.41. The van der Waals surface area contributed by atoms with Crippen molar-refractivity contribution in [2.45, 2.75) is 20.4 Å². The van der Waals surface area contributed by atoms with E-state index in [4.69, 9.17) is 9.84 Å². The van der Waals surface area contributed by atoms with Crippen LogP contribution >= 0.6 is 0 Å². The molecule has 0 amide bonds. The summed E-state index contributed by atoms with van der Waals surface area (Å²) >= 11 is 0. The zero-order chi connectivity index (χ0) is 14.5. The van der Waals surface area contributed by atoms with Crippen LogP contribution in [-0.2, 0) is 6.54 Å². The average Bonchev–Trinajstić information content (AvgIpc) is 2.75. The molecule has 20 heavy (non-hydrogen) atoms. The SMILES string of the molecule is COc1ccc(C#CCO)cc1Cn1nc(C)cc1C. The van der Waals surface area contributed by atoms with Crippen molar-refractivity contribution in [3.05, 3.63) is 46.8 Å². The molecule has 1 heterocycles. The number of ether oxygens (including phenoxy) is 1. The summed E-state index contributed by atoms with van der Waals surface area (Å²) in [7, 11) is 1.65. The highest BCUT2D eigenvalue weighted by molar-refractivity contribution is 5.44. The summed E-state index contributed by atoms with van der Waals surface area (Å²) in [6.07, 6.45) is 0. The third-order valence-electron chi connectivity index (χ3n) is 3.02. The number of aryl methyl sites for hydroxylation is 2. The molecule has 2 rings (SSSR count). The lowest BCUT2D eigenvalue weighted by atomic mass is 10.1. The number of aliphatic hydroxyl groups is 1. The van der Waals surface area contributed by atoms with Gasteiger partial charge in [0.05, 0.1) is 19.3 Å². The second-order valence-electron chi connectivity index (χ2n) is 4.57. The normalized spacial score (nSPS) is 10.0. The number of aromatic nitrogens is 2. The van der Waals surface area contributed by atoms with E-state index in [1.807, 2.05) is 42.8 Å². The summed E-state index contributed by atoms with van der Waals surface area (Å²) in [4.78, 5) is 0. The van der Waals surface area contributed by atoms with E-state index in [1.54, 1.807) is 7.11 Å². The molecule has 0 saturated heterocycles. The van der Waals surface area contributed by atoms with E-state index in [0.717, 1.165) is 28.3 Å². The van der Waals surface area contributed by atoms with E-state index in [1.165, 1.54) is 0 Å². The van der Waals surface area contributed by atoms with Crippen molar-refractivity contribution >= 4 is 0 Å². The maximum absolute atomic E-state index is 8.76. The van der Waals surface area contributed by atoms with Gasteiger partial charge in [0, 0.05) is 16.8 Å². The maximum Gasteiger partial charge on any atom is 0.124 e. The molecule has 0 unspecified atom stereocenters. The van der Waals surface area contributed by atoms with E-state index in [9.17, 15) is 0 Å². The Labute approximate surface area is 119 Å². The van der Waals surface area contributed by atoms with Crippen LogP contribution in [-0.4, -0.2) is 28.6 Å². The molecule has 104 valence electrons. The van der Waals surface area contributed by atoms with Crippen molar-refractivity contribution in [2.24, 2.45) is 0 Å². The maximum atomic E-state index is 8.76. The summed E-state index contributed by atoms with van der Waals surface area (Å²) in [5.74, 6) is 6.37. The molecule has 0 aliphatic heterocycles. The number of hydrogen-bond acceptors (Lipinski definition) is 3. The molecule has 0 bridgehead atoms. The largest absolute Gasteiger partial charge is 0.496 e. The molecular formula is C16H18N2O2. The van der Waals surface area contributed by atoms with Gasteiger partial charge in [-0.2, -0.15) is 5.10 Å². The molecular weight excluding hydrogens is 252 g/mol. The van der Waals surface area contributed by atoms with E-state index >= 15 is 0 Å². The lowest BCUT2D eigenvalue weighted by Crippen LogP contribution is -2.05. The predicted octanol–water partition coefficient (Wildman–Crippen LogP) is 1.90. The Morgan fingerprint density at radius 2 is 2.10 bits per heavy atom. The number of hydrogen-bond donors (Lipinski definition) is 1. The molecule has 0 radical (unpaired) electrons. The third kappa shape index (κ3) is 3.19. The number of rotatable bonds is 3. The number of aliphatic hydroxyl groups excluding tert-OH is 1. The minimum atomic E-state index is -0.140. The van der Waals surface area contributed by atoms with E-state index in [0.29, 0.717) is 6.54 Å². The Balaban J connectivity index is 2.35. The summed E-state index contributed by atoms with van der Waals surface area (Å²) in [5, 5.41) is 13.2. The van der Waals surface area contributed by atoms with Crippen LogP contribution in [0.15, 0.2) is 24.3 Å². The van der Waals surface area contributed by atoms with Crippen molar-refractivity contribution in [1.29, 1.82) is 0 Å². The molecule has 0 fully saturated rings. The highest BCUT2D eigenvalue weighted by Crippen LogP contribution is 2.21. The van der Waals surface area contributed by atoms with Gasteiger partial charge >= 0.3 is 0 Å². The second-order valence-corrected chi connectivity index (χ2v) is 4.57. The molecule has 1 N–H and O–H groups in total. The van der Waals surface area contributed by atoms with Gasteiger partial charge in [-0.3, -0.25) is 4.68 Å². The van der Waals surface area contributed by atoms with Crippen LogP contribution in [0.25, 0.3) is 0 Å². The number of methoxy groups -OCH3 is 1. The van der Waals surface area contributed by atoms with Gasteiger partial charge in [0.15, 0.2) is 0 Å². The fraction of sp³-hybridized carbons (Fsp3) is 0.312. The lowest BCUT2D eigenvalue weighted by Gasteiger charge is -2.10. The van der Waals surface area contributed by atoms with Gasteiger partial charge in [0.25, 0.3) is 0 Å². The van der Waals surface area contributed by atoms with Crippen LogP contribution in [0.2, 0.25) is 0 Å². The van der Waals surface area contributed by atoms with Gasteiger partial charge in [-0.05, 0) is 38.1 Å². The topological polar surface area (TPSA) is 47.3 Å². The van der Waals surface area contributed by atoms with Crippen molar-refractivity contribution in [2.75, 3.05) is 13.7 Å². The molecule has 0 aliphatic rings. The monoisotopic (exact) mass is 270 g/mol. The van der Waals surface area contributed by atoms with Crippen LogP contribution < -0.4 is 4.74 Å². The molecule has 0 spiro atoms. The minimum absolute atomic E-state index is 0.140. The van der Waals surface area contributed by atoms with Gasteiger partial charge in [-0.25, -0.2) is 0 Å². The molecule has 1 aromatic heterocycles. The Morgan fingerprint density at radius 1 is 1.30 bits per heavy atom. The van der Waals surface area contributed by atoms with Crippen LogP contribution in [0.3, 0.4) is 0 Å². The number of benzene rings is 1. The number of nitrogens with zero attached hydrogens (tertiary/aromatic N) is 2. The van der Waals surface area contributed by atoms with Crippen molar-refractivity contribution in [3.8, 4) is 17.6 Å². The van der Waals surface area contributed by atoms with Gasteiger partial charge in [-0.1, -0.05) is 11.8 Å². The van der Waals surface area contributed by atoms with Crippen LogP contribution in [0.1, 0.15) is 22.5 Å². The fourth-order valence-corrected chi connectivity index (χ4v) is 2.12. The van der Waals surface area contributed by atoms with Gasteiger partial charge in [-0.15, -0.1) is 0 Å². The standard InChI is InChI=1S/C16H18N2O2/c1-12-9-13(2)18(17-12)11-15-10-14(5-4-8-19)6-7-16(15)20-3/h6-7,9-10,19H,8,11H2,1-3H3. The highest BCUT2D eigenvalue weighted by atomic mass is 16.5. The summed E-state index contributed by atoms with van der Waals surface area (Å²) in [5.41, 5.74) is 3.98. The fourth-order valence-electron chi connectivity index (χ4n) is 2.12. The molecule has 4 nitrogen and oxygen atoms in total. The van der Waals surface area contributed by atoms with Crippen LogP contribution in [0.4, 0.5) is 0 Å². The van der Waals surface area contributed by atoms with E-state index < -0.39 is 0 Å². The molecule has 2 aromatic rings. The highest BCUT2D eigenvalue weighted by Gasteiger charge is 2.07. The molecule has 4 heteroatoms. The zero-order valence-corrected chi connectivity index (χ0v) is 12.0. The van der Waals surface area contributed by atoms with Crippen molar-refractivity contribution in [1.82, 2.24) is 9.78 Å². The van der Waals surface area contributed by atoms with Gasteiger partial charge in [0.2, 0.25) is 0 Å². The quantitative estimate of drug-likeness (QED) is 0.867. The van der Waals surface area contributed by atoms with Gasteiger partial charge < -0.3 is 9.84 Å². The van der Waals surface area contributed by atoms with Crippen LogP contribution in [0.5, 0.6) is 5.75 Å². The summed E-state index contributed by atoms with van der Waals surface area (Å²) < 4.78 is 7.33. The first kappa shape index (κ1) is 14.2. The van der Waals surface area contributed by atoms with Crippen LogP contribution in [0, 0.1) is 25.7 Å². The first-order chi connectivity index (χ1) is 9.63. The average molecular weight is 270 g/mol. The Hall–Kier alpha value is -2.25. The summed E-state index contributed by atoms with van der Waals surface area (Å²) in [6, 6.07) is 7.79. The van der Waals surface area contributed by atoms with E-state index in [-0.39, 0.29) is 6.61 Å².